The standard InChI is InChI=1S/C17H24OS/c1-13-10-11-16(18)15(13)8-5-3-4-7-14(2)17-9-6-12-19-17/h3-4,6,9,12,14,16,18H,5,7-8,10-11H2,1-2H3. The van der Waals surface area contributed by atoms with Crippen molar-refractivity contribution >= 4 is 11.3 Å². The van der Waals surface area contributed by atoms with Gasteiger partial charge in [-0.3, -0.25) is 0 Å². The summed E-state index contributed by atoms with van der Waals surface area (Å²) in [6.07, 6.45) is 9.60. The van der Waals surface area contributed by atoms with Gasteiger partial charge in [0, 0.05) is 4.88 Å². The van der Waals surface area contributed by atoms with Crippen LogP contribution in [-0.4, -0.2) is 11.2 Å². The quantitative estimate of drug-likeness (QED) is 0.721. The number of aliphatic hydroxyl groups excluding tert-OH is 1. The van der Waals surface area contributed by atoms with Crippen molar-refractivity contribution in [3.05, 3.63) is 45.7 Å². The minimum atomic E-state index is -0.168. The SMILES string of the molecule is CC1=C(CCC=CCC(C)c2cccs2)C(O)CC1. The molecule has 1 aliphatic carbocycles. The molecule has 0 fully saturated rings. The molecule has 0 amide bonds. The van der Waals surface area contributed by atoms with Gasteiger partial charge < -0.3 is 5.11 Å². The Bertz CT molecular complexity index is 442. The molecule has 1 N–H and O–H groups in total. The Balaban J connectivity index is 1.71. The summed E-state index contributed by atoms with van der Waals surface area (Å²) in [7, 11) is 0. The first-order chi connectivity index (χ1) is 9.18. The van der Waals surface area contributed by atoms with Gasteiger partial charge >= 0.3 is 0 Å². The van der Waals surface area contributed by atoms with Crippen LogP contribution in [0.25, 0.3) is 0 Å². The van der Waals surface area contributed by atoms with Gasteiger partial charge in [-0.1, -0.05) is 30.7 Å². The second-order valence-electron chi connectivity index (χ2n) is 5.52. The van der Waals surface area contributed by atoms with Gasteiger partial charge in [0.15, 0.2) is 0 Å². The molecule has 0 spiro atoms. The zero-order valence-electron chi connectivity index (χ0n) is 11.9. The molecule has 0 aliphatic heterocycles. The number of allylic oxidation sites excluding steroid dienone is 3. The Morgan fingerprint density at radius 2 is 2.32 bits per heavy atom. The molecule has 0 radical (unpaired) electrons. The minimum Gasteiger partial charge on any atom is -0.389 e. The fourth-order valence-corrected chi connectivity index (χ4v) is 3.50. The van der Waals surface area contributed by atoms with E-state index in [-0.39, 0.29) is 6.10 Å². The lowest BCUT2D eigenvalue weighted by atomic mass is 10.0. The van der Waals surface area contributed by atoms with Gasteiger partial charge in [0.2, 0.25) is 0 Å². The van der Waals surface area contributed by atoms with E-state index in [4.69, 9.17) is 0 Å². The highest BCUT2D eigenvalue weighted by atomic mass is 32.1. The van der Waals surface area contributed by atoms with Crippen LogP contribution in [0, 0.1) is 0 Å². The lowest BCUT2D eigenvalue weighted by Gasteiger charge is -2.08. The van der Waals surface area contributed by atoms with Crippen molar-refractivity contribution in [3.63, 3.8) is 0 Å². The molecule has 2 atom stereocenters. The van der Waals surface area contributed by atoms with Crippen LogP contribution in [0.3, 0.4) is 0 Å². The van der Waals surface area contributed by atoms with Crippen LogP contribution in [0.15, 0.2) is 40.8 Å². The third-order valence-corrected chi connectivity index (χ3v) is 5.11. The van der Waals surface area contributed by atoms with Crippen LogP contribution >= 0.6 is 11.3 Å². The second-order valence-corrected chi connectivity index (χ2v) is 6.50. The molecule has 0 saturated heterocycles. The normalized spacial score (nSPS) is 21.5. The second kappa shape index (κ2) is 7.06. The Hall–Kier alpha value is -0.860. The van der Waals surface area contributed by atoms with Crippen LogP contribution in [0.5, 0.6) is 0 Å². The van der Waals surface area contributed by atoms with E-state index in [9.17, 15) is 5.11 Å². The highest BCUT2D eigenvalue weighted by Gasteiger charge is 2.19. The summed E-state index contributed by atoms with van der Waals surface area (Å²) in [5, 5.41) is 12.0. The highest BCUT2D eigenvalue weighted by Crippen LogP contribution is 2.29. The third kappa shape index (κ3) is 4.05. The van der Waals surface area contributed by atoms with Gasteiger partial charge in [-0.2, -0.15) is 0 Å². The summed E-state index contributed by atoms with van der Waals surface area (Å²) in [4.78, 5) is 1.47. The first-order valence-corrected chi connectivity index (χ1v) is 8.11. The van der Waals surface area contributed by atoms with Gasteiger partial charge in [0.05, 0.1) is 6.10 Å². The average molecular weight is 276 g/mol. The maximum Gasteiger partial charge on any atom is 0.0755 e. The topological polar surface area (TPSA) is 20.2 Å². The lowest BCUT2D eigenvalue weighted by molar-refractivity contribution is 0.208. The van der Waals surface area contributed by atoms with Crippen molar-refractivity contribution < 1.29 is 5.11 Å². The van der Waals surface area contributed by atoms with Crippen molar-refractivity contribution in [1.29, 1.82) is 0 Å². The number of hydrogen-bond acceptors (Lipinski definition) is 2. The summed E-state index contributed by atoms with van der Waals surface area (Å²) in [5.41, 5.74) is 2.70. The molecule has 1 nitrogen and oxygen atoms in total. The van der Waals surface area contributed by atoms with Crippen molar-refractivity contribution in [2.75, 3.05) is 0 Å². The van der Waals surface area contributed by atoms with E-state index >= 15 is 0 Å². The van der Waals surface area contributed by atoms with E-state index in [1.807, 2.05) is 11.3 Å². The third-order valence-electron chi connectivity index (χ3n) is 4.01. The molecule has 2 heteroatoms. The molecule has 2 unspecified atom stereocenters. The molecule has 1 heterocycles. The summed E-state index contributed by atoms with van der Waals surface area (Å²) >= 11 is 1.84. The van der Waals surface area contributed by atoms with Crippen LogP contribution in [0.4, 0.5) is 0 Å². The van der Waals surface area contributed by atoms with Crippen LogP contribution in [0.2, 0.25) is 0 Å². The van der Waals surface area contributed by atoms with E-state index in [2.05, 4.69) is 43.5 Å². The van der Waals surface area contributed by atoms with Crippen LogP contribution < -0.4 is 0 Å². The van der Waals surface area contributed by atoms with Gasteiger partial charge in [-0.15, -0.1) is 11.3 Å². The first kappa shape index (κ1) is 14.5. The first-order valence-electron chi connectivity index (χ1n) is 7.23. The zero-order chi connectivity index (χ0) is 13.7. The fourth-order valence-electron chi connectivity index (χ4n) is 2.70. The molecule has 0 saturated carbocycles. The zero-order valence-corrected chi connectivity index (χ0v) is 12.7. The Labute approximate surface area is 120 Å². The van der Waals surface area contributed by atoms with E-state index in [1.54, 1.807) is 0 Å². The van der Waals surface area contributed by atoms with Crippen LogP contribution in [-0.2, 0) is 0 Å². The monoisotopic (exact) mass is 276 g/mol. The largest absolute Gasteiger partial charge is 0.389 e. The maximum absolute atomic E-state index is 9.85. The number of thiophene rings is 1. The Morgan fingerprint density at radius 3 is 2.95 bits per heavy atom. The summed E-state index contributed by atoms with van der Waals surface area (Å²) in [6.45, 7) is 4.44. The molecule has 1 aromatic heterocycles. The molecular formula is C17H24OS. The minimum absolute atomic E-state index is 0.168. The van der Waals surface area contributed by atoms with Gasteiger partial charge in [0.1, 0.15) is 0 Å². The van der Waals surface area contributed by atoms with Crippen LogP contribution in [0.1, 0.15) is 56.7 Å². The van der Waals surface area contributed by atoms with Gasteiger partial charge in [-0.05, 0) is 62.0 Å². The molecule has 19 heavy (non-hydrogen) atoms. The molecule has 0 aromatic carbocycles. The summed E-state index contributed by atoms with van der Waals surface area (Å²) in [6, 6.07) is 4.34. The van der Waals surface area contributed by atoms with Gasteiger partial charge in [-0.25, -0.2) is 0 Å². The van der Waals surface area contributed by atoms with Crippen molar-refractivity contribution in [3.8, 4) is 0 Å². The Morgan fingerprint density at radius 1 is 1.47 bits per heavy atom. The van der Waals surface area contributed by atoms with E-state index in [0.717, 1.165) is 32.1 Å². The summed E-state index contributed by atoms with van der Waals surface area (Å²) in [5.74, 6) is 0.620. The van der Waals surface area contributed by atoms with E-state index in [1.165, 1.54) is 16.0 Å². The molecular weight excluding hydrogens is 252 g/mol. The Kier molecular flexibility index (Phi) is 5.41. The van der Waals surface area contributed by atoms with E-state index in [0.29, 0.717) is 5.92 Å². The van der Waals surface area contributed by atoms with Crippen molar-refractivity contribution in [2.24, 2.45) is 0 Å². The van der Waals surface area contributed by atoms with E-state index < -0.39 is 0 Å². The fraction of sp³-hybridized carbons (Fsp3) is 0.529. The molecule has 2 rings (SSSR count). The molecule has 104 valence electrons. The van der Waals surface area contributed by atoms with Crippen molar-refractivity contribution in [2.45, 2.75) is 58.0 Å². The lowest BCUT2D eigenvalue weighted by Crippen LogP contribution is -2.04. The average Bonchev–Trinajstić information content (AvgIpc) is 3.02. The molecule has 1 aliphatic rings. The molecule has 1 aromatic rings. The number of hydrogen-bond donors (Lipinski definition) is 1. The van der Waals surface area contributed by atoms with Crippen molar-refractivity contribution in [1.82, 2.24) is 0 Å². The summed E-state index contributed by atoms with van der Waals surface area (Å²) < 4.78 is 0. The predicted octanol–water partition coefficient (Wildman–Crippen LogP) is 5.05. The highest BCUT2D eigenvalue weighted by molar-refractivity contribution is 7.10. The number of aliphatic hydroxyl groups is 1. The number of rotatable bonds is 6. The van der Waals surface area contributed by atoms with Gasteiger partial charge in [0.25, 0.3) is 0 Å². The predicted molar refractivity (Wildman–Crippen MR) is 83.7 cm³/mol. The smallest absolute Gasteiger partial charge is 0.0755 e. The maximum atomic E-state index is 9.85. The molecule has 0 bridgehead atoms.